The van der Waals surface area contributed by atoms with Gasteiger partial charge in [0.25, 0.3) is 0 Å². The van der Waals surface area contributed by atoms with E-state index in [0.29, 0.717) is 25.7 Å². The largest absolute Gasteiger partial charge is 0.378 e. The van der Waals surface area contributed by atoms with E-state index in [0.717, 1.165) is 39.1 Å². The van der Waals surface area contributed by atoms with E-state index in [9.17, 15) is 4.79 Å². The van der Waals surface area contributed by atoms with Gasteiger partial charge in [-0.2, -0.15) is 0 Å². The van der Waals surface area contributed by atoms with Crippen molar-refractivity contribution in [2.45, 2.75) is 44.8 Å². The molecular weight excluding hydrogens is 244 g/mol. The molecule has 5 nitrogen and oxygen atoms in total. The van der Waals surface area contributed by atoms with Gasteiger partial charge in [0, 0.05) is 38.7 Å². The van der Waals surface area contributed by atoms with E-state index in [1.54, 1.807) is 0 Å². The molecule has 0 saturated carbocycles. The molecule has 0 bridgehead atoms. The molecule has 1 atom stereocenters. The van der Waals surface area contributed by atoms with Gasteiger partial charge in [0.2, 0.25) is 5.91 Å². The first-order chi connectivity index (χ1) is 9.07. The van der Waals surface area contributed by atoms with E-state index < -0.39 is 0 Å². The van der Waals surface area contributed by atoms with Crippen molar-refractivity contribution < 1.29 is 14.3 Å². The maximum atomic E-state index is 12.0. The van der Waals surface area contributed by atoms with Crippen LogP contribution in [0.2, 0.25) is 0 Å². The van der Waals surface area contributed by atoms with Crippen molar-refractivity contribution in [3.8, 4) is 0 Å². The summed E-state index contributed by atoms with van der Waals surface area (Å²) in [5.74, 6) is 0.238. The highest BCUT2D eigenvalue weighted by Gasteiger charge is 2.28. The second kappa shape index (κ2) is 6.68. The normalized spacial score (nSPS) is 27.3. The fourth-order valence-electron chi connectivity index (χ4n) is 2.76. The second-order valence-corrected chi connectivity index (χ2v) is 6.00. The molecule has 0 aliphatic carbocycles. The Kier molecular flexibility index (Phi) is 5.19. The Hall–Kier alpha value is -0.650. The van der Waals surface area contributed by atoms with Crippen LogP contribution in [0.25, 0.3) is 0 Å². The summed E-state index contributed by atoms with van der Waals surface area (Å²) in [5, 5.41) is 3.49. The Morgan fingerprint density at radius 3 is 2.74 bits per heavy atom. The van der Waals surface area contributed by atoms with Gasteiger partial charge in [-0.1, -0.05) is 0 Å². The number of amides is 1. The van der Waals surface area contributed by atoms with Crippen LogP contribution in [0.4, 0.5) is 0 Å². The van der Waals surface area contributed by atoms with Crippen molar-refractivity contribution in [2.24, 2.45) is 0 Å². The summed E-state index contributed by atoms with van der Waals surface area (Å²) in [6.45, 7) is 8.64. The first-order valence-corrected chi connectivity index (χ1v) is 7.30. The zero-order valence-electron chi connectivity index (χ0n) is 12.1. The number of carbonyl (C=O) groups excluding carboxylic acids is 1. The standard InChI is InChI=1S/C14H26N2O3/c1-14(2)11-12(4-8-19-14)15-5-3-13(17)16-6-9-18-10-7-16/h12,15H,3-11H2,1-2H3. The third-order valence-electron chi connectivity index (χ3n) is 3.83. The first-order valence-electron chi connectivity index (χ1n) is 7.30. The third-order valence-corrected chi connectivity index (χ3v) is 3.83. The van der Waals surface area contributed by atoms with E-state index in [-0.39, 0.29) is 11.5 Å². The van der Waals surface area contributed by atoms with Crippen LogP contribution in [0.5, 0.6) is 0 Å². The lowest BCUT2D eigenvalue weighted by Gasteiger charge is -2.36. The van der Waals surface area contributed by atoms with Crippen LogP contribution in [-0.4, -0.2) is 61.9 Å². The molecule has 2 rings (SSSR count). The summed E-state index contributed by atoms with van der Waals surface area (Å²) in [7, 11) is 0. The molecule has 0 aromatic rings. The maximum absolute atomic E-state index is 12.0. The van der Waals surface area contributed by atoms with Crippen LogP contribution in [-0.2, 0) is 14.3 Å². The Balaban J connectivity index is 1.64. The first kappa shape index (κ1) is 14.8. The van der Waals surface area contributed by atoms with E-state index >= 15 is 0 Å². The number of hydrogen-bond donors (Lipinski definition) is 1. The number of nitrogens with zero attached hydrogens (tertiary/aromatic N) is 1. The SMILES string of the molecule is CC1(C)CC(NCCC(=O)N2CCOCC2)CCO1. The minimum Gasteiger partial charge on any atom is -0.378 e. The third kappa shape index (κ3) is 4.75. The van der Waals surface area contributed by atoms with Gasteiger partial charge in [-0.15, -0.1) is 0 Å². The number of morpholine rings is 1. The van der Waals surface area contributed by atoms with Crippen molar-refractivity contribution in [2.75, 3.05) is 39.5 Å². The molecule has 0 spiro atoms. The van der Waals surface area contributed by atoms with Crippen molar-refractivity contribution in [3.05, 3.63) is 0 Å². The summed E-state index contributed by atoms with van der Waals surface area (Å²) in [4.78, 5) is 13.9. The summed E-state index contributed by atoms with van der Waals surface area (Å²) >= 11 is 0. The molecule has 0 radical (unpaired) electrons. The lowest BCUT2D eigenvalue weighted by Crippen LogP contribution is -2.45. The summed E-state index contributed by atoms with van der Waals surface area (Å²) in [6, 6.07) is 0.473. The Morgan fingerprint density at radius 1 is 1.32 bits per heavy atom. The topological polar surface area (TPSA) is 50.8 Å². The molecule has 2 fully saturated rings. The predicted molar refractivity (Wildman–Crippen MR) is 73.1 cm³/mol. The lowest BCUT2D eigenvalue weighted by molar-refractivity contribution is -0.135. The molecule has 1 unspecified atom stereocenters. The van der Waals surface area contributed by atoms with Crippen molar-refractivity contribution in [1.29, 1.82) is 0 Å². The van der Waals surface area contributed by atoms with Crippen LogP contribution in [0, 0.1) is 0 Å². The highest BCUT2D eigenvalue weighted by Crippen LogP contribution is 2.23. The van der Waals surface area contributed by atoms with Crippen molar-refractivity contribution in [1.82, 2.24) is 10.2 Å². The maximum Gasteiger partial charge on any atom is 0.224 e. The molecule has 110 valence electrons. The minimum atomic E-state index is -0.0376. The van der Waals surface area contributed by atoms with E-state index in [1.807, 2.05) is 4.90 Å². The molecule has 19 heavy (non-hydrogen) atoms. The monoisotopic (exact) mass is 270 g/mol. The lowest BCUT2D eigenvalue weighted by atomic mass is 9.94. The molecule has 0 aromatic carbocycles. The highest BCUT2D eigenvalue weighted by atomic mass is 16.5. The van der Waals surface area contributed by atoms with Crippen LogP contribution in [0.1, 0.15) is 33.1 Å². The molecule has 1 amide bonds. The number of carbonyl (C=O) groups is 1. The van der Waals surface area contributed by atoms with Gasteiger partial charge in [0.1, 0.15) is 0 Å². The average molecular weight is 270 g/mol. The fraction of sp³-hybridized carbons (Fsp3) is 0.929. The van der Waals surface area contributed by atoms with Crippen molar-refractivity contribution in [3.63, 3.8) is 0 Å². The molecule has 5 heteroatoms. The van der Waals surface area contributed by atoms with Gasteiger partial charge in [-0.3, -0.25) is 4.79 Å². The smallest absolute Gasteiger partial charge is 0.224 e. The molecule has 2 aliphatic heterocycles. The molecule has 2 aliphatic rings. The van der Waals surface area contributed by atoms with Gasteiger partial charge in [0.05, 0.1) is 18.8 Å². The van der Waals surface area contributed by atoms with Gasteiger partial charge in [0.15, 0.2) is 0 Å². The molecule has 2 heterocycles. The van der Waals surface area contributed by atoms with E-state index in [4.69, 9.17) is 9.47 Å². The number of hydrogen-bond acceptors (Lipinski definition) is 4. The number of ether oxygens (including phenoxy) is 2. The van der Waals surface area contributed by atoms with Crippen LogP contribution >= 0.6 is 0 Å². The van der Waals surface area contributed by atoms with Gasteiger partial charge < -0.3 is 19.7 Å². The number of nitrogens with one attached hydrogen (secondary N) is 1. The Bertz CT molecular complexity index is 301. The fourth-order valence-corrected chi connectivity index (χ4v) is 2.76. The quantitative estimate of drug-likeness (QED) is 0.820. The van der Waals surface area contributed by atoms with Crippen LogP contribution in [0.15, 0.2) is 0 Å². The van der Waals surface area contributed by atoms with E-state index in [2.05, 4.69) is 19.2 Å². The minimum absolute atomic E-state index is 0.0376. The second-order valence-electron chi connectivity index (χ2n) is 6.00. The average Bonchev–Trinajstić information content (AvgIpc) is 2.38. The molecular formula is C14H26N2O3. The van der Waals surface area contributed by atoms with Gasteiger partial charge in [-0.05, 0) is 26.7 Å². The summed E-state index contributed by atoms with van der Waals surface area (Å²) in [5.41, 5.74) is -0.0376. The zero-order chi connectivity index (χ0) is 13.7. The predicted octanol–water partition coefficient (Wildman–Crippen LogP) is 0.783. The van der Waals surface area contributed by atoms with Gasteiger partial charge in [-0.25, -0.2) is 0 Å². The van der Waals surface area contributed by atoms with Crippen LogP contribution in [0.3, 0.4) is 0 Å². The number of rotatable bonds is 4. The molecule has 0 aromatic heterocycles. The summed E-state index contributed by atoms with van der Waals surface area (Å²) in [6.07, 6.45) is 2.63. The van der Waals surface area contributed by atoms with Crippen LogP contribution < -0.4 is 5.32 Å². The Morgan fingerprint density at radius 2 is 2.05 bits per heavy atom. The molecule has 2 saturated heterocycles. The Labute approximate surface area is 115 Å². The highest BCUT2D eigenvalue weighted by molar-refractivity contribution is 5.76. The molecule has 1 N–H and O–H groups in total. The summed E-state index contributed by atoms with van der Waals surface area (Å²) < 4.78 is 10.9. The van der Waals surface area contributed by atoms with Crippen molar-refractivity contribution >= 4 is 5.91 Å². The van der Waals surface area contributed by atoms with Gasteiger partial charge >= 0.3 is 0 Å². The zero-order valence-corrected chi connectivity index (χ0v) is 12.1. The van der Waals surface area contributed by atoms with E-state index in [1.165, 1.54) is 0 Å².